The number of carboxylic acids is 1. The highest BCUT2D eigenvalue weighted by atomic mass is 16.5. The first-order valence-electron chi connectivity index (χ1n) is 8.81. The Morgan fingerprint density at radius 3 is 2.38 bits per heavy atom. The second-order valence-corrected chi connectivity index (χ2v) is 6.57. The highest BCUT2D eigenvalue weighted by molar-refractivity contribution is 5.73. The largest absolute Gasteiger partial charge is 0.502 e. The number of aromatic hydroxyl groups is 1. The molecule has 0 aliphatic heterocycles. The summed E-state index contributed by atoms with van der Waals surface area (Å²) in [6.07, 6.45) is 0. The number of carboxylic acid groups (broad SMARTS) is 1. The summed E-state index contributed by atoms with van der Waals surface area (Å²) in [4.78, 5) is 17.4. The van der Waals surface area contributed by atoms with Crippen molar-refractivity contribution < 1.29 is 28.9 Å². The molecule has 8 heteroatoms. The van der Waals surface area contributed by atoms with Crippen molar-refractivity contribution in [1.29, 1.82) is 0 Å². The van der Waals surface area contributed by atoms with Crippen LogP contribution in [0.1, 0.15) is 5.76 Å². The van der Waals surface area contributed by atoms with E-state index in [1.807, 2.05) is 43.3 Å². The average molecular weight is 398 g/mol. The summed E-state index contributed by atoms with van der Waals surface area (Å²) < 4.78 is 16.2. The van der Waals surface area contributed by atoms with E-state index in [2.05, 4.69) is 4.98 Å². The number of hydrogen-bond donors (Lipinski definition) is 2. The predicted octanol–water partition coefficient (Wildman–Crippen LogP) is 3.56. The number of methoxy groups -OCH3 is 1. The van der Waals surface area contributed by atoms with Gasteiger partial charge in [-0.15, -0.1) is 0 Å². The molecule has 0 amide bonds. The van der Waals surface area contributed by atoms with Gasteiger partial charge < -0.3 is 29.0 Å². The molecule has 0 fully saturated rings. The maximum Gasteiger partial charge on any atom is 0.341 e. The van der Waals surface area contributed by atoms with Crippen molar-refractivity contribution in [2.45, 2.75) is 6.92 Å². The van der Waals surface area contributed by atoms with Gasteiger partial charge in [0, 0.05) is 30.9 Å². The van der Waals surface area contributed by atoms with Crippen LogP contribution in [0.25, 0.3) is 22.7 Å². The molecule has 0 spiro atoms. The first-order chi connectivity index (χ1) is 13.8. The van der Waals surface area contributed by atoms with Gasteiger partial charge in [-0.05, 0) is 43.3 Å². The van der Waals surface area contributed by atoms with Crippen LogP contribution in [0.2, 0.25) is 0 Å². The van der Waals surface area contributed by atoms with E-state index in [9.17, 15) is 9.90 Å². The predicted molar refractivity (Wildman–Crippen MR) is 108 cm³/mol. The molecule has 0 unspecified atom stereocenters. The molecule has 0 saturated carbocycles. The number of ether oxygens (including phenoxy) is 2. The maximum atomic E-state index is 10.8. The van der Waals surface area contributed by atoms with Crippen LogP contribution in [0.3, 0.4) is 0 Å². The minimum atomic E-state index is -1.16. The fourth-order valence-electron chi connectivity index (χ4n) is 2.81. The molecular formula is C21H22N2O6. The van der Waals surface area contributed by atoms with Crippen LogP contribution >= 0.6 is 0 Å². The molecule has 29 heavy (non-hydrogen) atoms. The van der Waals surface area contributed by atoms with Crippen LogP contribution in [-0.2, 0) is 4.79 Å². The first kappa shape index (κ1) is 20.1. The summed E-state index contributed by atoms with van der Waals surface area (Å²) >= 11 is 0. The van der Waals surface area contributed by atoms with Crippen molar-refractivity contribution in [3.05, 3.63) is 42.2 Å². The molecule has 8 nitrogen and oxygen atoms in total. The lowest BCUT2D eigenvalue weighted by Crippen LogP contribution is -2.09. The Labute approximate surface area is 167 Å². The number of phenols is 1. The molecule has 0 atom stereocenters. The maximum absolute atomic E-state index is 10.8. The summed E-state index contributed by atoms with van der Waals surface area (Å²) in [5.74, 6) is -0.298. The van der Waals surface area contributed by atoms with Gasteiger partial charge in [0.1, 0.15) is 11.5 Å². The van der Waals surface area contributed by atoms with Crippen LogP contribution in [-0.4, -0.2) is 49.0 Å². The third-order valence-corrected chi connectivity index (χ3v) is 4.31. The van der Waals surface area contributed by atoms with Crippen molar-refractivity contribution in [2.24, 2.45) is 0 Å². The summed E-state index contributed by atoms with van der Waals surface area (Å²) in [6, 6.07) is 10.9. The molecule has 3 rings (SSSR count). The Balaban J connectivity index is 2.00. The number of oxazole rings is 1. The van der Waals surface area contributed by atoms with Gasteiger partial charge in [-0.1, -0.05) is 0 Å². The van der Waals surface area contributed by atoms with E-state index in [0.717, 1.165) is 11.3 Å². The van der Waals surface area contributed by atoms with Gasteiger partial charge in [0.2, 0.25) is 11.6 Å². The molecule has 152 valence electrons. The van der Waals surface area contributed by atoms with Gasteiger partial charge in [-0.2, -0.15) is 0 Å². The molecule has 0 radical (unpaired) electrons. The molecule has 0 aliphatic carbocycles. The van der Waals surface area contributed by atoms with E-state index in [0.29, 0.717) is 22.9 Å². The van der Waals surface area contributed by atoms with Crippen molar-refractivity contribution in [1.82, 2.24) is 4.98 Å². The Hall–Kier alpha value is -3.68. The number of carbonyl (C=O) groups is 1. The quantitative estimate of drug-likeness (QED) is 0.622. The highest BCUT2D eigenvalue weighted by Gasteiger charge is 2.19. The van der Waals surface area contributed by atoms with Crippen molar-refractivity contribution in [2.75, 3.05) is 32.7 Å². The van der Waals surface area contributed by atoms with Crippen molar-refractivity contribution in [3.8, 4) is 40.0 Å². The normalized spacial score (nSPS) is 10.6. The number of anilines is 1. The fourth-order valence-corrected chi connectivity index (χ4v) is 2.81. The number of aliphatic carboxylic acids is 1. The van der Waals surface area contributed by atoms with E-state index >= 15 is 0 Å². The molecule has 2 N–H and O–H groups in total. The van der Waals surface area contributed by atoms with Gasteiger partial charge in [0.15, 0.2) is 18.1 Å². The second-order valence-electron chi connectivity index (χ2n) is 6.57. The van der Waals surface area contributed by atoms with E-state index in [1.54, 1.807) is 13.0 Å². The molecule has 1 aromatic heterocycles. The van der Waals surface area contributed by atoms with E-state index in [1.165, 1.54) is 13.2 Å². The third-order valence-electron chi connectivity index (χ3n) is 4.31. The Bertz CT molecular complexity index is 1020. The van der Waals surface area contributed by atoms with E-state index in [4.69, 9.17) is 19.0 Å². The summed E-state index contributed by atoms with van der Waals surface area (Å²) in [5.41, 5.74) is 2.98. The lowest BCUT2D eigenvalue weighted by Gasteiger charge is -2.12. The number of nitrogens with zero attached hydrogens (tertiary/aromatic N) is 2. The lowest BCUT2D eigenvalue weighted by atomic mass is 10.1. The van der Waals surface area contributed by atoms with Crippen LogP contribution < -0.4 is 14.4 Å². The van der Waals surface area contributed by atoms with Crippen molar-refractivity contribution >= 4 is 11.7 Å². The highest BCUT2D eigenvalue weighted by Crippen LogP contribution is 2.41. The number of rotatable bonds is 7. The Morgan fingerprint density at radius 1 is 1.14 bits per heavy atom. The standard InChI is InChI=1S/C21H22N2O6/c1-12-19(22-21(29-12)13-5-7-15(8-6-13)23(2)3)14-9-16(27-4)20(26)17(10-14)28-11-18(24)25/h5-10,26H,11H2,1-4H3,(H,24,25). The number of benzene rings is 2. The van der Waals surface area contributed by atoms with Gasteiger partial charge in [0.05, 0.1) is 7.11 Å². The summed E-state index contributed by atoms with van der Waals surface area (Å²) in [5, 5.41) is 19.0. The molecule has 0 saturated heterocycles. The molecule has 1 heterocycles. The van der Waals surface area contributed by atoms with Crippen LogP contribution in [0, 0.1) is 6.92 Å². The average Bonchev–Trinajstić information content (AvgIpc) is 3.09. The minimum Gasteiger partial charge on any atom is -0.502 e. The van der Waals surface area contributed by atoms with Gasteiger partial charge >= 0.3 is 5.97 Å². The van der Waals surface area contributed by atoms with Crippen LogP contribution in [0.15, 0.2) is 40.8 Å². The van der Waals surface area contributed by atoms with Gasteiger partial charge in [0.25, 0.3) is 0 Å². The number of hydrogen-bond acceptors (Lipinski definition) is 7. The lowest BCUT2D eigenvalue weighted by molar-refractivity contribution is -0.139. The van der Waals surface area contributed by atoms with E-state index in [-0.39, 0.29) is 17.2 Å². The number of aromatic nitrogens is 1. The first-order valence-corrected chi connectivity index (χ1v) is 8.81. The minimum absolute atomic E-state index is 0.0129. The SMILES string of the molecule is COc1cc(-c2nc(-c3ccc(N(C)C)cc3)oc2C)cc(OCC(=O)O)c1O. The fraction of sp³-hybridized carbons (Fsp3) is 0.238. The van der Waals surface area contributed by atoms with Crippen LogP contribution in [0.4, 0.5) is 5.69 Å². The monoisotopic (exact) mass is 398 g/mol. The summed E-state index contributed by atoms with van der Waals surface area (Å²) in [7, 11) is 5.32. The molecule has 3 aromatic rings. The topological polar surface area (TPSA) is 105 Å². The molecular weight excluding hydrogens is 376 g/mol. The zero-order valence-corrected chi connectivity index (χ0v) is 16.6. The number of phenolic OH excluding ortho intramolecular Hbond substituents is 1. The Morgan fingerprint density at radius 2 is 1.79 bits per heavy atom. The number of aryl methyl sites for hydroxylation is 1. The molecule has 0 bridgehead atoms. The smallest absolute Gasteiger partial charge is 0.341 e. The molecule has 0 aliphatic rings. The van der Waals surface area contributed by atoms with Crippen molar-refractivity contribution in [3.63, 3.8) is 0 Å². The van der Waals surface area contributed by atoms with E-state index < -0.39 is 12.6 Å². The summed E-state index contributed by atoms with van der Waals surface area (Å²) in [6.45, 7) is 1.18. The van der Waals surface area contributed by atoms with Gasteiger partial charge in [-0.25, -0.2) is 9.78 Å². The Kier molecular flexibility index (Phi) is 5.63. The third kappa shape index (κ3) is 4.26. The second kappa shape index (κ2) is 8.14. The van der Waals surface area contributed by atoms with Crippen LogP contribution in [0.5, 0.6) is 17.2 Å². The zero-order chi connectivity index (χ0) is 21.1. The zero-order valence-electron chi connectivity index (χ0n) is 16.6. The van der Waals surface area contributed by atoms with Gasteiger partial charge in [-0.3, -0.25) is 0 Å². The molecule has 2 aromatic carbocycles.